The summed E-state index contributed by atoms with van der Waals surface area (Å²) in [4.78, 5) is 0. The fraction of sp³-hybridized carbons (Fsp3) is 0.500. The predicted molar refractivity (Wildman–Crippen MR) is 75.4 cm³/mol. The standard InChI is InChI=1S/C14H21N5/c1-6-12-10(4)18-19(11(12)5)14-13(7-15)8(2)9(3)16-17-14/h6-7,15H2,1-5H3. The highest BCUT2D eigenvalue weighted by molar-refractivity contribution is 5.42. The Bertz CT molecular complexity index is 613. The van der Waals surface area contributed by atoms with Gasteiger partial charge in [-0.15, -0.1) is 5.10 Å². The number of nitrogens with zero attached hydrogens (tertiary/aromatic N) is 4. The molecule has 5 heteroatoms. The quantitative estimate of drug-likeness (QED) is 0.914. The molecule has 0 fully saturated rings. The van der Waals surface area contributed by atoms with Gasteiger partial charge in [-0.25, -0.2) is 4.68 Å². The molecule has 5 nitrogen and oxygen atoms in total. The van der Waals surface area contributed by atoms with Crippen molar-refractivity contribution in [3.05, 3.63) is 33.8 Å². The van der Waals surface area contributed by atoms with Crippen LogP contribution < -0.4 is 5.73 Å². The van der Waals surface area contributed by atoms with Gasteiger partial charge in [0.05, 0.1) is 11.4 Å². The minimum absolute atomic E-state index is 0.442. The molecule has 0 aliphatic rings. The molecule has 2 aromatic rings. The van der Waals surface area contributed by atoms with E-state index in [1.54, 1.807) is 0 Å². The van der Waals surface area contributed by atoms with Crippen molar-refractivity contribution in [1.82, 2.24) is 20.0 Å². The highest BCUT2D eigenvalue weighted by Gasteiger charge is 2.17. The Kier molecular flexibility index (Phi) is 3.66. The van der Waals surface area contributed by atoms with E-state index < -0.39 is 0 Å². The summed E-state index contributed by atoms with van der Waals surface area (Å²) in [6.07, 6.45) is 0.966. The maximum absolute atomic E-state index is 5.88. The van der Waals surface area contributed by atoms with E-state index in [4.69, 9.17) is 5.73 Å². The minimum atomic E-state index is 0.442. The second-order valence-electron chi connectivity index (χ2n) is 4.83. The maximum Gasteiger partial charge on any atom is 0.180 e. The number of aromatic nitrogens is 4. The average molecular weight is 259 g/mol. The summed E-state index contributed by atoms with van der Waals surface area (Å²) < 4.78 is 1.87. The first-order valence-corrected chi connectivity index (χ1v) is 6.59. The molecule has 0 aliphatic heterocycles. The van der Waals surface area contributed by atoms with Crippen molar-refractivity contribution in [2.24, 2.45) is 5.73 Å². The lowest BCUT2D eigenvalue weighted by Gasteiger charge is -2.12. The SMILES string of the molecule is CCc1c(C)nn(-c2nnc(C)c(C)c2CN)c1C. The van der Waals surface area contributed by atoms with Crippen LogP contribution in [0.25, 0.3) is 5.82 Å². The Balaban J connectivity index is 2.69. The first-order chi connectivity index (χ1) is 9.01. The predicted octanol–water partition coefficient (Wildman–Crippen LogP) is 1.92. The van der Waals surface area contributed by atoms with E-state index in [-0.39, 0.29) is 0 Å². The van der Waals surface area contributed by atoms with Crippen molar-refractivity contribution in [2.75, 3.05) is 0 Å². The zero-order valence-electron chi connectivity index (χ0n) is 12.3. The van der Waals surface area contributed by atoms with Gasteiger partial charge < -0.3 is 5.73 Å². The second kappa shape index (κ2) is 5.09. The maximum atomic E-state index is 5.88. The molecule has 102 valence electrons. The average Bonchev–Trinajstić information content (AvgIpc) is 2.67. The van der Waals surface area contributed by atoms with Crippen molar-refractivity contribution in [1.29, 1.82) is 0 Å². The third-order valence-corrected chi connectivity index (χ3v) is 3.76. The van der Waals surface area contributed by atoms with Gasteiger partial charge in [-0.05, 0) is 45.2 Å². The van der Waals surface area contributed by atoms with Crippen LogP contribution in [0, 0.1) is 27.7 Å². The largest absolute Gasteiger partial charge is 0.326 e. The van der Waals surface area contributed by atoms with Gasteiger partial charge in [0.15, 0.2) is 5.82 Å². The molecule has 0 saturated heterocycles. The lowest BCUT2D eigenvalue weighted by atomic mass is 10.1. The summed E-state index contributed by atoms with van der Waals surface area (Å²) in [6.45, 7) is 10.6. The van der Waals surface area contributed by atoms with Gasteiger partial charge >= 0.3 is 0 Å². The fourth-order valence-electron chi connectivity index (χ4n) is 2.45. The molecule has 2 rings (SSSR count). The topological polar surface area (TPSA) is 69.6 Å². The van der Waals surface area contributed by atoms with Crippen LogP contribution in [0.1, 0.15) is 40.7 Å². The van der Waals surface area contributed by atoms with Crippen molar-refractivity contribution in [3.8, 4) is 5.82 Å². The van der Waals surface area contributed by atoms with Crippen LogP contribution in [-0.2, 0) is 13.0 Å². The van der Waals surface area contributed by atoms with Crippen LogP contribution in [-0.4, -0.2) is 20.0 Å². The number of nitrogens with two attached hydrogens (primary N) is 1. The van der Waals surface area contributed by atoms with E-state index in [0.29, 0.717) is 6.54 Å². The Morgan fingerprint density at radius 1 is 1.00 bits per heavy atom. The van der Waals surface area contributed by atoms with Gasteiger partial charge in [0.2, 0.25) is 0 Å². The van der Waals surface area contributed by atoms with Crippen LogP contribution in [0.4, 0.5) is 0 Å². The van der Waals surface area contributed by atoms with Crippen LogP contribution >= 0.6 is 0 Å². The van der Waals surface area contributed by atoms with Gasteiger partial charge in [-0.1, -0.05) is 6.92 Å². The van der Waals surface area contributed by atoms with Crippen LogP contribution in [0.5, 0.6) is 0 Å². The normalized spacial score (nSPS) is 11.1. The molecule has 19 heavy (non-hydrogen) atoms. The monoisotopic (exact) mass is 259 g/mol. The molecule has 0 atom stereocenters. The summed E-state index contributed by atoms with van der Waals surface area (Å²) in [6, 6.07) is 0. The highest BCUT2D eigenvalue weighted by atomic mass is 15.4. The molecule has 2 aromatic heterocycles. The molecule has 0 aromatic carbocycles. The van der Waals surface area contributed by atoms with Gasteiger partial charge in [-0.2, -0.15) is 10.2 Å². The van der Waals surface area contributed by atoms with Crippen molar-refractivity contribution < 1.29 is 0 Å². The molecular weight excluding hydrogens is 238 g/mol. The number of aryl methyl sites for hydroxylation is 2. The van der Waals surface area contributed by atoms with E-state index in [0.717, 1.165) is 40.4 Å². The first kappa shape index (κ1) is 13.7. The summed E-state index contributed by atoms with van der Waals surface area (Å²) in [7, 11) is 0. The fourth-order valence-corrected chi connectivity index (χ4v) is 2.45. The summed E-state index contributed by atoms with van der Waals surface area (Å²) in [5.74, 6) is 0.755. The van der Waals surface area contributed by atoms with Gasteiger partial charge in [0, 0.05) is 17.8 Å². The van der Waals surface area contributed by atoms with E-state index in [1.807, 2.05) is 25.5 Å². The Labute approximate surface area is 113 Å². The van der Waals surface area contributed by atoms with Gasteiger partial charge in [0.1, 0.15) is 0 Å². The van der Waals surface area contributed by atoms with Crippen molar-refractivity contribution >= 4 is 0 Å². The second-order valence-corrected chi connectivity index (χ2v) is 4.83. The van der Waals surface area contributed by atoms with E-state index in [9.17, 15) is 0 Å². The number of hydrogen-bond donors (Lipinski definition) is 1. The van der Waals surface area contributed by atoms with Crippen LogP contribution in [0.15, 0.2) is 0 Å². The van der Waals surface area contributed by atoms with Gasteiger partial charge in [0.25, 0.3) is 0 Å². The lowest BCUT2D eigenvalue weighted by Crippen LogP contribution is -2.14. The van der Waals surface area contributed by atoms with Crippen molar-refractivity contribution in [2.45, 2.75) is 47.6 Å². The molecule has 0 saturated carbocycles. The first-order valence-electron chi connectivity index (χ1n) is 6.59. The Morgan fingerprint density at radius 3 is 2.21 bits per heavy atom. The molecule has 0 amide bonds. The lowest BCUT2D eigenvalue weighted by molar-refractivity contribution is 0.750. The van der Waals surface area contributed by atoms with E-state index in [1.165, 1.54) is 5.56 Å². The minimum Gasteiger partial charge on any atom is -0.326 e. The Hall–Kier alpha value is -1.75. The zero-order chi connectivity index (χ0) is 14.2. The van der Waals surface area contributed by atoms with Crippen LogP contribution in [0.2, 0.25) is 0 Å². The number of hydrogen-bond acceptors (Lipinski definition) is 4. The van der Waals surface area contributed by atoms with Crippen molar-refractivity contribution in [3.63, 3.8) is 0 Å². The molecule has 2 heterocycles. The summed E-state index contributed by atoms with van der Waals surface area (Å²) in [5.41, 5.74) is 12.3. The number of rotatable bonds is 3. The van der Waals surface area contributed by atoms with Gasteiger partial charge in [-0.3, -0.25) is 0 Å². The molecule has 0 radical (unpaired) electrons. The summed E-state index contributed by atoms with van der Waals surface area (Å²) in [5, 5.41) is 13.1. The summed E-state index contributed by atoms with van der Waals surface area (Å²) >= 11 is 0. The smallest absolute Gasteiger partial charge is 0.180 e. The third kappa shape index (κ3) is 2.14. The molecule has 2 N–H and O–H groups in total. The molecular formula is C14H21N5. The molecule has 0 spiro atoms. The molecule has 0 unspecified atom stereocenters. The third-order valence-electron chi connectivity index (χ3n) is 3.76. The Morgan fingerprint density at radius 2 is 1.68 bits per heavy atom. The molecule has 0 aliphatic carbocycles. The van der Waals surface area contributed by atoms with E-state index >= 15 is 0 Å². The highest BCUT2D eigenvalue weighted by Crippen LogP contribution is 2.21. The van der Waals surface area contributed by atoms with E-state index in [2.05, 4.69) is 29.1 Å². The zero-order valence-corrected chi connectivity index (χ0v) is 12.3. The molecule has 0 bridgehead atoms. The van der Waals surface area contributed by atoms with Crippen LogP contribution in [0.3, 0.4) is 0 Å².